The first-order chi connectivity index (χ1) is 17.2. The van der Waals surface area contributed by atoms with Gasteiger partial charge in [0.15, 0.2) is 0 Å². The fourth-order valence-electron chi connectivity index (χ4n) is 4.74. The Morgan fingerprint density at radius 1 is 1.11 bits per heavy atom. The molecular weight excluding hydrogens is 504 g/mol. The number of hydrogen-bond donors (Lipinski definition) is 2. The van der Waals surface area contributed by atoms with Crippen LogP contribution in [-0.4, -0.2) is 45.4 Å². The van der Waals surface area contributed by atoms with Gasteiger partial charge in [-0.25, -0.2) is 4.79 Å². The number of aromatic nitrogens is 2. The molecule has 1 aromatic heterocycles. The van der Waals surface area contributed by atoms with Gasteiger partial charge in [-0.3, -0.25) is 4.68 Å². The van der Waals surface area contributed by atoms with E-state index < -0.39 is 41.7 Å². The number of benzene rings is 1. The van der Waals surface area contributed by atoms with Crippen molar-refractivity contribution in [3.05, 3.63) is 46.6 Å². The van der Waals surface area contributed by atoms with Crippen LogP contribution in [0.15, 0.2) is 24.3 Å². The summed E-state index contributed by atoms with van der Waals surface area (Å²) >= 11 is 0. The van der Waals surface area contributed by atoms with Crippen LogP contribution in [-0.2, 0) is 36.8 Å². The Balaban J connectivity index is 1.41. The molecule has 2 N–H and O–H groups in total. The Bertz CT molecular complexity index is 1100. The first-order valence-corrected chi connectivity index (χ1v) is 12.0. The molecule has 2 aliphatic heterocycles. The van der Waals surface area contributed by atoms with Gasteiger partial charge in [0.05, 0.1) is 23.4 Å². The van der Waals surface area contributed by atoms with Gasteiger partial charge in [0.1, 0.15) is 12.4 Å². The second kappa shape index (κ2) is 10.1. The molecule has 13 heteroatoms. The highest BCUT2D eigenvalue weighted by Gasteiger charge is 2.37. The number of rotatable bonds is 4. The molecule has 1 aromatic carbocycles. The molecule has 1 atom stereocenters. The third-order valence-corrected chi connectivity index (χ3v) is 6.49. The van der Waals surface area contributed by atoms with E-state index in [0.717, 1.165) is 25.1 Å². The number of alkyl halides is 6. The molecule has 0 radical (unpaired) electrons. The third-order valence-electron chi connectivity index (χ3n) is 6.49. The van der Waals surface area contributed by atoms with E-state index in [9.17, 15) is 31.1 Å². The van der Waals surface area contributed by atoms with Crippen LogP contribution in [0.3, 0.4) is 0 Å². The lowest BCUT2D eigenvalue weighted by atomic mass is 9.89. The number of fused-ring (bicyclic) bond motifs is 1. The average molecular weight is 534 g/mol. The summed E-state index contributed by atoms with van der Waals surface area (Å²) in [6.45, 7) is 5.45. The third kappa shape index (κ3) is 6.88. The zero-order valence-electron chi connectivity index (χ0n) is 20.5. The Kier molecular flexibility index (Phi) is 7.37. The van der Waals surface area contributed by atoms with Crippen LogP contribution in [0.4, 0.5) is 37.0 Å². The largest absolute Gasteiger partial charge is 0.445 e. The molecule has 2 aliphatic rings. The molecule has 2 aromatic rings. The summed E-state index contributed by atoms with van der Waals surface area (Å²) in [5.74, 6) is 0.691. The maximum absolute atomic E-state index is 13.1. The normalized spacial score (nSPS) is 20.2. The summed E-state index contributed by atoms with van der Waals surface area (Å²) in [6.07, 6.45) is -8.35. The maximum atomic E-state index is 13.1. The molecule has 0 aliphatic carbocycles. The lowest BCUT2D eigenvalue weighted by molar-refractivity contribution is -0.143. The summed E-state index contributed by atoms with van der Waals surface area (Å²) < 4.78 is 85.5. The minimum atomic E-state index is -4.97. The number of piperidine rings is 1. The van der Waals surface area contributed by atoms with Crippen molar-refractivity contribution in [1.29, 1.82) is 0 Å². The quantitative estimate of drug-likeness (QED) is 0.515. The van der Waals surface area contributed by atoms with Crippen molar-refractivity contribution >= 4 is 11.9 Å². The Hall–Kier alpha value is -2.96. The number of anilines is 1. The summed E-state index contributed by atoms with van der Waals surface area (Å²) in [5, 5.41) is 11.5. The van der Waals surface area contributed by atoms with Gasteiger partial charge in [-0.2, -0.15) is 31.4 Å². The summed E-state index contributed by atoms with van der Waals surface area (Å²) in [4.78, 5) is 14.1. The van der Waals surface area contributed by atoms with Crippen LogP contribution < -0.4 is 10.6 Å². The van der Waals surface area contributed by atoms with Crippen LogP contribution in [0.2, 0.25) is 0 Å². The van der Waals surface area contributed by atoms with Crippen molar-refractivity contribution in [3.63, 3.8) is 0 Å². The zero-order chi connectivity index (χ0) is 27.0. The zero-order valence-corrected chi connectivity index (χ0v) is 20.5. The van der Waals surface area contributed by atoms with Gasteiger partial charge in [-0.05, 0) is 63.4 Å². The minimum absolute atomic E-state index is 0.00773. The van der Waals surface area contributed by atoms with Gasteiger partial charge in [0, 0.05) is 30.7 Å². The van der Waals surface area contributed by atoms with Gasteiger partial charge in [0.25, 0.3) is 0 Å². The number of nitrogens with one attached hydrogen (secondary N) is 2. The van der Waals surface area contributed by atoms with E-state index >= 15 is 0 Å². The molecule has 37 heavy (non-hydrogen) atoms. The highest BCUT2D eigenvalue weighted by atomic mass is 19.4. The first-order valence-electron chi connectivity index (χ1n) is 12.0. The highest BCUT2D eigenvalue weighted by molar-refractivity contribution is 5.67. The van der Waals surface area contributed by atoms with E-state index in [0.29, 0.717) is 37.5 Å². The van der Waals surface area contributed by atoms with Crippen LogP contribution >= 0.6 is 0 Å². The van der Waals surface area contributed by atoms with Crippen LogP contribution in [0, 0.1) is 0 Å². The van der Waals surface area contributed by atoms with Gasteiger partial charge in [-0.15, -0.1) is 0 Å². The SMILES string of the molecule is CC1(C)CC(Nc2cc3n(n2)CCCN(C(=O)OCc2cc(C(F)(F)F)cc(C(F)(F)F)c2)C3)CCN1. The number of halogens is 6. The van der Waals surface area contributed by atoms with Gasteiger partial charge in [0.2, 0.25) is 0 Å². The second-order valence-corrected chi connectivity index (χ2v) is 10.1. The summed E-state index contributed by atoms with van der Waals surface area (Å²) in [6, 6.07) is 3.24. The lowest BCUT2D eigenvalue weighted by Gasteiger charge is -2.36. The van der Waals surface area contributed by atoms with Crippen molar-refractivity contribution in [3.8, 4) is 0 Å². The number of hydrogen-bond acceptors (Lipinski definition) is 5. The number of nitrogens with zero attached hydrogens (tertiary/aromatic N) is 3. The Morgan fingerprint density at radius 2 is 1.78 bits per heavy atom. The van der Waals surface area contributed by atoms with E-state index in [1.807, 2.05) is 6.07 Å². The summed E-state index contributed by atoms with van der Waals surface area (Å²) in [7, 11) is 0. The molecule has 4 rings (SSSR count). The van der Waals surface area contributed by atoms with Crippen molar-refractivity contribution < 1.29 is 35.9 Å². The number of carbonyl (C=O) groups is 1. The van der Waals surface area contributed by atoms with E-state index in [-0.39, 0.29) is 24.2 Å². The number of carbonyl (C=O) groups excluding carboxylic acids is 1. The van der Waals surface area contributed by atoms with E-state index in [1.165, 1.54) is 4.90 Å². The maximum Gasteiger partial charge on any atom is 0.416 e. The smallest absolute Gasteiger partial charge is 0.416 e. The van der Waals surface area contributed by atoms with Crippen molar-refractivity contribution in [2.75, 3.05) is 18.4 Å². The monoisotopic (exact) mass is 533 g/mol. The van der Waals surface area contributed by atoms with E-state index in [1.54, 1.807) is 4.68 Å². The van der Waals surface area contributed by atoms with Gasteiger partial charge in [-0.1, -0.05) is 0 Å². The van der Waals surface area contributed by atoms with Crippen LogP contribution in [0.1, 0.15) is 55.5 Å². The van der Waals surface area contributed by atoms with Crippen molar-refractivity contribution in [1.82, 2.24) is 20.0 Å². The molecule has 3 heterocycles. The van der Waals surface area contributed by atoms with Crippen LogP contribution in [0.5, 0.6) is 0 Å². The predicted molar refractivity (Wildman–Crippen MR) is 123 cm³/mol. The number of amides is 1. The van der Waals surface area contributed by atoms with Gasteiger partial charge >= 0.3 is 18.4 Å². The van der Waals surface area contributed by atoms with Crippen LogP contribution in [0.25, 0.3) is 0 Å². The number of ether oxygens (including phenoxy) is 1. The molecular formula is C24H29F6N5O2. The van der Waals surface area contributed by atoms with Crippen molar-refractivity contribution in [2.45, 2.75) is 76.7 Å². The van der Waals surface area contributed by atoms with E-state index in [4.69, 9.17) is 4.74 Å². The molecule has 204 valence electrons. The van der Waals surface area contributed by atoms with E-state index in [2.05, 4.69) is 29.6 Å². The summed E-state index contributed by atoms with van der Waals surface area (Å²) in [5.41, 5.74) is -2.54. The number of aryl methyl sites for hydroxylation is 1. The molecule has 1 fully saturated rings. The topological polar surface area (TPSA) is 71.4 Å². The standard InChI is InChI=1S/C24H29F6N5O2/c1-22(2)12-18(4-5-31-22)32-20-11-19-13-34(6-3-7-35(19)33-20)21(36)37-14-15-8-16(23(25,26)27)10-17(9-15)24(28,29)30/h8-11,18,31H,3-7,12-14H2,1-2H3,(H,32,33). The molecule has 0 bridgehead atoms. The lowest BCUT2D eigenvalue weighted by Crippen LogP contribution is -2.50. The fraction of sp³-hybridized carbons (Fsp3) is 0.583. The van der Waals surface area contributed by atoms with Crippen molar-refractivity contribution in [2.24, 2.45) is 0 Å². The predicted octanol–water partition coefficient (Wildman–Crippen LogP) is 5.41. The highest BCUT2D eigenvalue weighted by Crippen LogP contribution is 2.36. The first kappa shape index (κ1) is 27.1. The average Bonchev–Trinajstić information content (AvgIpc) is 3.04. The molecule has 0 spiro atoms. The Morgan fingerprint density at radius 3 is 2.41 bits per heavy atom. The molecule has 1 amide bonds. The molecule has 0 saturated carbocycles. The van der Waals surface area contributed by atoms with Gasteiger partial charge < -0.3 is 20.3 Å². The molecule has 1 saturated heterocycles. The second-order valence-electron chi connectivity index (χ2n) is 10.1. The minimum Gasteiger partial charge on any atom is -0.445 e. The fourth-order valence-corrected chi connectivity index (χ4v) is 4.74. The molecule has 7 nitrogen and oxygen atoms in total. The molecule has 1 unspecified atom stereocenters. The Labute approximate surface area is 210 Å².